The molecule has 0 radical (unpaired) electrons. The summed E-state index contributed by atoms with van der Waals surface area (Å²) in [6, 6.07) is 0.634. The zero-order valence-corrected chi connectivity index (χ0v) is 13.0. The van der Waals surface area contributed by atoms with Crippen LogP contribution in [0.3, 0.4) is 0 Å². The van der Waals surface area contributed by atoms with Crippen molar-refractivity contribution in [3.63, 3.8) is 0 Å². The molecule has 0 saturated carbocycles. The van der Waals surface area contributed by atoms with Crippen molar-refractivity contribution >= 4 is 21.6 Å². The maximum absolute atomic E-state index is 12.3. The predicted octanol–water partition coefficient (Wildman–Crippen LogP) is -0.447. The van der Waals surface area contributed by atoms with Crippen LogP contribution in [0.15, 0.2) is 23.4 Å². The van der Waals surface area contributed by atoms with E-state index in [2.05, 4.69) is 20.3 Å². The lowest BCUT2D eigenvalue weighted by Gasteiger charge is -2.15. The molecule has 0 aliphatic heterocycles. The van der Waals surface area contributed by atoms with Crippen molar-refractivity contribution in [3.05, 3.63) is 18.5 Å². The summed E-state index contributed by atoms with van der Waals surface area (Å²) in [4.78, 5) is 15.5. The number of ether oxygens (including phenoxy) is 1. The summed E-state index contributed by atoms with van der Waals surface area (Å²) >= 11 is 0. The first kappa shape index (κ1) is 17.3. The van der Waals surface area contributed by atoms with Crippen LogP contribution in [0.2, 0.25) is 0 Å². The topological polar surface area (TPSA) is 109 Å². The van der Waals surface area contributed by atoms with Crippen LogP contribution in [-0.4, -0.2) is 52.7 Å². The zero-order valence-electron chi connectivity index (χ0n) is 12.2. The Labute approximate surface area is 124 Å². The number of amides is 1. The van der Waals surface area contributed by atoms with E-state index in [1.54, 1.807) is 7.05 Å². The fourth-order valence-electron chi connectivity index (χ4n) is 1.58. The fraction of sp³-hybridized carbons (Fsp3) is 0.500. The summed E-state index contributed by atoms with van der Waals surface area (Å²) in [5.74, 6) is -0.425. The average molecular weight is 316 g/mol. The molecular formula is C12H20N4O4S. The molecule has 1 aromatic heterocycles. The number of hydrogen-bond acceptors (Lipinski definition) is 6. The van der Waals surface area contributed by atoms with Crippen molar-refractivity contribution in [3.8, 4) is 0 Å². The standard InChI is InChI=1S/C12H20N4O4S/c1-9(12(17)15-6-7-20-3)16-21(18,19)11-8-14-5-4-10(11)13-2/h4-5,8-9,16H,6-7H2,1-3H3,(H,13,14)(H,15,17). The van der Waals surface area contributed by atoms with E-state index >= 15 is 0 Å². The van der Waals surface area contributed by atoms with Gasteiger partial charge in [-0.3, -0.25) is 9.78 Å². The smallest absolute Gasteiger partial charge is 0.244 e. The molecule has 8 nitrogen and oxygen atoms in total. The van der Waals surface area contributed by atoms with Gasteiger partial charge in [-0.05, 0) is 13.0 Å². The lowest BCUT2D eigenvalue weighted by atomic mass is 10.3. The highest BCUT2D eigenvalue weighted by Crippen LogP contribution is 2.18. The van der Waals surface area contributed by atoms with Gasteiger partial charge in [0.15, 0.2) is 0 Å². The number of anilines is 1. The number of rotatable bonds is 8. The number of pyridine rings is 1. The van der Waals surface area contributed by atoms with Gasteiger partial charge in [0.1, 0.15) is 4.90 Å². The van der Waals surface area contributed by atoms with Gasteiger partial charge < -0.3 is 15.4 Å². The first-order valence-electron chi connectivity index (χ1n) is 6.33. The average Bonchev–Trinajstić information content (AvgIpc) is 2.46. The molecule has 21 heavy (non-hydrogen) atoms. The molecule has 1 atom stereocenters. The van der Waals surface area contributed by atoms with E-state index in [0.29, 0.717) is 18.8 Å². The molecule has 1 heterocycles. The Bertz CT molecular complexity index is 576. The minimum atomic E-state index is -3.84. The van der Waals surface area contributed by atoms with E-state index in [1.807, 2.05) is 0 Å². The summed E-state index contributed by atoms with van der Waals surface area (Å²) in [5, 5.41) is 5.33. The quantitative estimate of drug-likeness (QED) is 0.561. The van der Waals surface area contributed by atoms with E-state index in [1.165, 1.54) is 32.5 Å². The maximum atomic E-state index is 12.3. The van der Waals surface area contributed by atoms with Crippen LogP contribution in [-0.2, 0) is 19.6 Å². The summed E-state index contributed by atoms with van der Waals surface area (Å²) in [5.41, 5.74) is 0.407. The Hall–Kier alpha value is -1.71. The Morgan fingerprint density at radius 3 is 2.81 bits per heavy atom. The van der Waals surface area contributed by atoms with E-state index in [9.17, 15) is 13.2 Å². The number of carbonyl (C=O) groups excluding carboxylic acids is 1. The van der Waals surface area contributed by atoms with Crippen molar-refractivity contribution in [2.45, 2.75) is 17.9 Å². The van der Waals surface area contributed by atoms with Gasteiger partial charge in [0, 0.05) is 33.1 Å². The van der Waals surface area contributed by atoms with Gasteiger partial charge in [-0.15, -0.1) is 0 Å². The van der Waals surface area contributed by atoms with Crippen molar-refractivity contribution in [2.24, 2.45) is 0 Å². The lowest BCUT2D eigenvalue weighted by Crippen LogP contribution is -2.45. The molecule has 0 aromatic carbocycles. The van der Waals surface area contributed by atoms with Crippen LogP contribution in [0, 0.1) is 0 Å². The van der Waals surface area contributed by atoms with Crippen LogP contribution >= 0.6 is 0 Å². The predicted molar refractivity (Wildman–Crippen MR) is 78.5 cm³/mol. The van der Waals surface area contributed by atoms with E-state index in [-0.39, 0.29) is 4.90 Å². The van der Waals surface area contributed by atoms with E-state index in [4.69, 9.17) is 4.74 Å². The fourth-order valence-corrected chi connectivity index (χ4v) is 2.94. The van der Waals surface area contributed by atoms with Crippen molar-refractivity contribution in [2.75, 3.05) is 32.6 Å². The number of methoxy groups -OCH3 is 1. The second kappa shape index (κ2) is 7.91. The van der Waals surface area contributed by atoms with Gasteiger partial charge in [-0.25, -0.2) is 8.42 Å². The molecule has 0 spiro atoms. The third-order valence-electron chi connectivity index (χ3n) is 2.67. The highest BCUT2D eigenvalue weighted by molar-refractivity contribution is 7.89. The van der Waals surface area contributed by atoms with Crippen molar-refractivity contribution < 1.29 is 17.9 Å². The number of nitrogens with one attached hydrogen (secondary N) is 3. The highest BCUT2D eigenvalue weighted by Gasteiger charge is 2.24. The SMILES string of the molecule is CNc1ccncc1S(=O)(=O)NC(C)C(=O)NCCOC. The molecule has 0 saturated heterocycles. The first-order chi connectivity index (χ1) is 9.92. The molecule has 0 aliphatic carbocycles. The number of sulfonamides is 1. The Morgan fingerprint density at radius 2 is 2.19 bits per heavy atom. The zero-order chi connectivity index (χ0) is 15.9. The molecule has 1 aromatic rings. The van der Waals surface area contributed by atoms with E-state index < -0.39 is 22.0 Å². The molecule has 9 heteroatoms. The third kappa shape index (κ3) is 4.96. The van der Waals surface area contributed by atoms with E-state index in [0.717, 1.165) is 0 Å². The first-order valence-corrected chi connectivity index (χ1v) is 7.81. The van der Waals surface area contributed by atoms with Gasteiger partial charge in [0.05, 0.1) is 18.3 Å². The van der Waals surface area contributed by atoms with Gasteiger partial charge >= 0.3 is 0 Å². The summed E-state index contributed by atoms with van der Waals surface area (Å²) < 4.78 is 31.6. The minimum absolute atomic E-state index is 0.0101. The number of hydrogen-bond donors (Lipinski definition) is 3. The normalized spacial score (nSPS) is 12.7. The molecule has 1 rings (SSSR count). The number of nitrogens with zero attached hydrogens (tertiary/aromatic N) is 1. The Morgan fingerprint density at radius 1 is 1.48 bits per heavy atom. The van der Waals surface area contributed by atoms with Crippen molar-refractivity contribution in [1.82, 2.24) is 15.0 Å². The molecule has 0 bridgehead atoms. The lowest BCUT2D eigenvalue weighted by molar-refractivity contribution is -0.122. The highest BCUT2D eigenvalue weighted by atomic mass is 32.2. The van der Waals surface area contributed by atoms with Gasteiger partial charge in [0.25, 0.3) is 0 Å². The van der Waals surface area contributed by atoms with Gasteiger partial charge in [-0.1, -0.05) is 0 Å². The molecule has 118 valence electrons. The second-order valence-corrected chi connectivity index (χ2v) is 5.93. The van der Waals surface area contributed by atoms with Crippen molar-refractivity contribution in [1.29, 1.82) is 0 Å². The second-order valence-electron chi connectivity index (χ2n) is 4.25. The van der Waals surface area contributed by atoms with Crippen LogP contribution in [0.1, 0.15) is 6.92 Å². The molecular weight excluding hydrogens is 296 g/mol. The maximum Gasteiger partial charge on any atom is 0.244 e. The van der Waals surface area contributed by atoms with Crippen LogP contribution in [0.5, 0.6) is 0 Å². The summed E-state index contributed by atoms with van der Waals surface area (Å²) in [6.07, 6.45) is 2.70. The summed E-state index contributed by atoms with van der Waals surface area (Å²) in [7, 11) is -0.725. The van der Waals surface area contributed by atoms with Gasteiger partial charge in [-0.2, -0.15) is 4.72 Å². The Kier molecular flexibility index (Phi) is 6.53. The minimum Gasteiger partial charge on any atom is -0.387 e. The summed E-state index contributed by atoms with van der Waals surface area (Å²) in [6.45, 7) is 2.14. The molecule has 1 unspecified atom stereocenters. The Balaban J connectivity index is 2.78. The monoisotopic (exact) mass is 316 g/mol. The molecule has 0 aliphatic rings. The van der Waals surface area contributed by atoms with Crippen LogP contribution in [0.25, 0.3) is 0 Å². The molecule has 3 N–H and O–H groups in total. The number of aromatic nitrogens is 1. The molecule has 1 amide bonds. The van der Waals surface area contributed by atoms with Gasteiger partial charge in [0.2, 0.25) is 15.9 Å². The largest absolute Gasteiger partial charge is 0.387 e. The van der Waals surface area contributed by atoms with Crippen LogP contribution < -0.4 is 15.4 Å². The number of carbonyl (C=O) groups is 1. The molecule has 0 fully saturated rings. The van der Waals surface area contributed by atoms with Crippen LogP contribution in [0.4, 0.5) is 5.69 Å². The third-order valence-corrected chi connectivity index (χ3v) is 4.24.